The van der Waals surface area contributed by atoms with E-state index in [0.717, 1.165) is 0 Å². The molecule has 114 valence electrons. The molecule has 0 spiro atoms. The summed E-state index contributed by atoms with van der Waals surface area (Å²) in [7, 11) is 0. The third kappa shape index (κ3) is 4.05. The molecule has 0 fully saturated rings. The number of para-hydroxylation sites is 1. The monoisotopic (exact) mass is 320 g/mol. The van der Waals surface area contributed by atoms with Crippen LogP contribution in [0.25, 0.3) is 0 Å². The van der Waals surface area contributed by atoms with Crippen molar-refractivity contribution < 1.29 is 14.0 Å². The first kappa shape index (κ1) is 16.0. The minimum Gasteiger partial charge on any atom is -0.325 e. The third-order valence-electron chi connectivity index (χ3n) is 2.95. The Morgan fingerprint density at radius 3 is 2.36 bits per heavy atom. The summed E-state index contributed by atoms with van der Waals surface area (Å²) >= 11 is 6.06. The summed E-state index contributed by atoms with van der Waals surface area (Å²) in [5, 5.41) is 2.98. The van der Waals surface area contributed by atoms with Crippen LogP contribution in [-0.4, -0.2) is 18.4 Å². The minimum atomic E-state index is -0.401. The van der Waals surface area contributed by atoms with Crippen LogP contribution in [0.1, 0.15) is 6.92 Å². The molecule has 0 radical (unpaired) electrons. The lowest BCUT2D eigenvalue weighted by atomic mass is 10.2. The van der Waals surface area contributed by atoms with Crippen LogP contribution < -0.4 is 10.2 Å². The van der Waals surface area contributed by atoms with Crippen molar-refractivity contribution in [2.75, 3.05) is 16.8 Å². The Balaban J connectivity index is 2.11. The number of hydrogen-bond donors (Lipinski definition) is 1. The fourth-order valence-corrected chi connectivity index (χ4v) is 2.15. The summed E-state index contributed by atoms with van der Waals surface area (Å²) < 4.78 is 12.8. The van der Waals surface area contributed by atoms with Crippen molar-refractivity contribution >= 4 is 34.8 Å². The molecular formula is C16H14ClFN2O2. The van der Waals surface area contributed by atoms with Gasteiger partial charge in [0.15, 0.2) is 0 Å². The molecule has 2 aromatic rings. The van der Waals surface area contributed by atoms with E-state index in [1.165, 1.54) is 36.1 Å². The molecule has 0 aliphatic carbocycles. The summed E-state index contributed by atoms with van der Waals surface area (Å²) in [6.07, 6.45) is 0. The fraction of sp³-hybridized carbons (Fsp3) is 0.125. The Morgan fingerprint density at radius 1 is 1.14 bits per heavy atom. The lowest BCUT2D eigenvalue weighted by Crippen LogP contribution is -2.36. The van der Waals surface area contributed by atoms with Gasteiger partial charge in [-0.1, -0.05) is 23.7 Å². The van der Waals surface area contributed by atoms with Gasteiger partial charge in [-0.3, -0.25) is 9.59 Å². The van der Waals surface area contributed by atoms with Gasteiger partial charge in [-0.15, -0.1) is 0 Å². The molecule has 0 aromatic heterocycles. The standard InChI is InChI=1S/C16H14ClFN2O2/c1-11(21)20(15-5-3-2-4-14(15)17)10-16(22)19-13-8-6-12(18)7-9-13/h2-9H,10H2,1H3,(H,19,22). The highest BCUT2D eigenvalue weighted by molar-refractivity contribution is 6.33. The summed E-state index contributed by atoms with van der Waals surface area (Å²) in [5.41, 5.74) is 0.917. The van der Waals surface area contributed by atoms with Crippen molar-refractivity contribution in [3.05, 3.63) is 59.4 Å². The first-order chi connectivity index (χ1) is 10.5. The van der Waals surface area contributed by atoms with Crippen LogP contribution in [-0.2, 0) is 9.59 Å². The number of carbonyl (C=O) groups excluding carboxylic acids is 2. The molecule has 2 amide bonds. The van der Waals surface area contributed by atoms with Crippen molar-refractivity contribution in [3.63, 3.8) is 0 Å². The molecule has 0 saturated carbocycles. The zero-order valence-corrected chi connectivity index (χ0v) is 12.6. The highest BCUT2D eigenvalue weighted by atomic mass is 35.5. The molecule has 0 saturated heterocycles. The molecule has 6 heteroatoms. The number of halogens is 2. The van der Waals surface area contributed by atoms with Gasteiger partial charge in [0.05, 0.1) is 10.7 Å². The summed E-state index contributed by atoms with van der Waals surface area (Å²) in [6.45, 7) is 1.17. The summed E-state index contributed by atoms with van der Waals surface area (Å²) in [6, 6.07) is 12.2. The normalized spacial score (nSPS) is 10.1. The van der Waals surface area contributed by atoms with Gasteiger partial charge in [-0.2, -0.15) is 0 Å². The van der Waals surface area contributed by atoms with E-state index in [1.807, 2.05) is 0 Å². The third-order valence-corrected chi connectivity index (χ3v) is 3.27. The van der Waals surface area contributed by atoms with Crippen molar-refractivity contribution in [1.82, 2.24) is 0 Å². The number of carbonyl (C=O) groups is 2. The Morgan fingerprint density at radius 2 is 1.77 bits per heavy atom. The van der Waals surface area contributed by atoms with E-state index in [0.29, 0.717) is 16.4 Å². The maximum absolute atomic E-state index is 12.8. The van der Waals surface area contributed by atoms with Crippen LogP contribution in [0.4, 0.5) is 15.8 Å². The van der Waals surface area contributed by atoms with Gasteiger partial charge in [-0.25, -0.2) is 4.39 Å². The molecule has 2 aromatic carbocycles. The van der Waals surface area contributed by atoms with Gasteiger partial charge < -0.3 is 10.2 Å². The molecule has 0 atom stereocenters. The molecule has 4 nitrogen and oxygen atoms in total. The number of anilines is 2. The average molecular weight is 321 g/mol. The van der Waals surface area contributed by atoms with Gasteiger partial charge in [0.25, 0.3) is 0 Å². The van der Waals surface area contributed by atoms with Gasteiger partial charge in [0, 0.05) is 12.6 Å². The Kier molecular flexibility index (Phi) is 5.12. The molecule has 0 aliphatic rings. The van der Waals surface area contributed by atoms with E-state index < -0.39 is 5.91 Å². The van der Waals surface area contributed by atoms with E-state index in [4.69, 9.17) is 11.6 Å². The van der Waals surface area contributed by atoms with Crippen LogP contribution in [0, 0.1) is 5.82 Å². The van der Waals surface area contributed by atoms with Crippen LogP contribution in [0.2, 0.25) is 5.02 Å². The van der Waals surface area contributed by atoms with Crippen molar-refractivity contribution in [3.8, 4) is 0 Å². The lowest BCUT2D eigenvalue weighted by Gasteiger charge is -2.21. The van der Waals surface area contributed by atoms with E-state index in [2.05, 4.69) is 5.32 Å². The number of benzene rings is 2. The number of amides is 2. The molecule has 22 heavy (non-hydrogen) atoms. The van der Waals surface area contributed by atoms with E-state index in [-0.39, 0.29) is 18.3 Å². The summed E-state index contributed by atoms with van der Waals surface area (Å²) in [4.78, 5) is 25.1. The first-order valence-electron chi connectivity index (χ1n) is 6.55. The van der Waals surface area contributed by atoms with E-state index in [9.17, 15) is 14.0 Å². The zero-order chi connectivity index (χ0) is 16.1. The second-order valence-electron chi connectivity index (χ2n) is 4.61. The van der Waals surface area contributed by atoms with Gasteiger partial charge in [-0.05, 0) is 36.4 Å². The minimum absolute atomic E-state index is 0.184. The summed E-state index contributed by atoms with van der Waals surface area (Å²) in [5.74, 6) is -1.09. The average Bonchev–Trinajstić information content (AvgIpc) is 2.48. The fourth-order valence-electron chi connectivity index (χ4n) is 1.91. The zero-order valence-electron chi connectivity index (χ0n) is 11.8. The maximum Gasteiger partial charge on any atom is 0.244 e. The molecule has 0 heterocycles. The predicted octanol–water partition coefficient (Wildman–Crippen LogP) is 3.47. The predicted molar refractivity (Wildman–Crippen MR) is 84.5 cm³/mol. The first-order valence-corrected chi connectivity index (χ1v) is 6.93. The SMILES string of the molecule is CC(=O)N(CC(=O)Nc1ccc(F)cc1)c1ccccc1Cl. The highest BCUT2D eigenvalue weighted by Gasteiger charge is 2.18. The smallest absolute Gasteiger partial charge is 0.244 e. The Labute approximate surface area is 132 Å². The van der Waals surface area contributed by atoms with Crippen LogP contribution in [0.3, 0.4) is 0 Å². The van der Waals surface area contributed by atoms with Gasteiger partial charge in [0.1, 0.15) is 12.4 Å². The highest BCUT2D eigenvalue weighted by Crippen LogP contribution is 2.25. The van der Waals surface area contributed by atoms with Crippen molar-refractivity contribution in [1.29, 1.82) is 0 Å². The molecule has 0 unspecified atom stereocenters. The lowest BCUT2D eigenvalue weighted by molar-refractivity contribution is -0.120. The Bertz CT molecular complexity index is 689. The topological polar surface area (TPSA) is 49.4 Å². The number of nitrogens with zero attached hydrogens (tertiary/aromatic N) is 1. The molecule has 1 N–H and O–H groups in total. The molecule has 0 bridgehead atoms. The number of rotatable bonds is 4. The molecule has 0 aliphatic heterocycles. The second-order valence-corrected chi connectivity index (χ2v) is 5.02. The second kappa shape index (κ2) is 7.04. The maximum atomic E-state index is 12.8. The Hall–Kier alpha value is -2.40. The van der Waals surface area contributed by atoms with Gasteiger partial charge in [0.2, 0.25) is 11.8 Å². The van der Waals surface area contributed by atoms with Crippen molar-refractivity contribution in [2.45, 2.75) is 6.92 Å². The van der Waals surface area contributed by atoms with Crippen LogP contribution in [0.15, 0.2) is 48.5 Å². The van der Waals surface area contributed by atoms with Gasteiger partial charge >= 0.3 is 0 Å². The molecule has 2 rings (SSSR count). The van der Waals surface area contributed by atoms with Crippen molar-refractivity contribution in [2.24, 2.45) is 0 Å². The quantitative estimate of drug-likeness (QED) is 0.937. The number of nitrogens with one attached hydrogen (secondary N) is 1. The van der Waals surface area contributed by atoms with E-state index >= 15 is 0 Å². The number of hydrogen-bond acceptors (Lipinski definition) is 2. The van der Waals surface area contributed by atoms with E-state index in [1.54, 1.807) is 24.3 Å². The molecular weight excluding hydrogens is 307 g/mol. The van der Waals surface area contributed by atoms with Crippen LogP contribution in [0.5, 0.6) is 0 Å². The van der Waals surface area contributed by atoms with Crippen LogP contribution >= 0.6 is 11.6 Å². The largest absolute Gasteiger partial charge is 0.325 e.